The first kappa shape index (κ1) is 19.9. The van der Waals surface area contributed by atoms with Gasteiger partial charge in [0.25, 0.3) is 0 Å². The number of carboxylic acid groups (broad SMARTS) is 1. The third-order valence-corrected chi connectivity index (χ3v) is 6.21. The van der Waals surface area contributed by atoms with Gasteiger partial charge in [-0.2, -0.15) is 0 Å². The molecule has 0 spiro atoms. The molecule has 0 aromatic heterocycles. The van der Waals surface area contributed by atoms with Crippen LogP contribution in [0.15, 0.2) is 60.2 Å². The minimum absolute atomic E-state index is 0.354. The lowest BCUT2D eigenvalue weighted by Gasteiger charge is -2.32. The fourth-order valence-corrected chi connectivity index (χ4v) is 4.37. The second kappa shape index (κ2) is 8.93. The Balaban J connectivity index is 1.21. The molecule has 0 radical (unpaired) electrons. The normalized spacial score (nSPS) is 23.1. The van der Waals surface area contributed by atoms with Crippen molar-refractivity contribution in [2.45, 2.75) is 44.8 Å². The zero-order valence-corrected chi connectivity index (χ0v) is 17.1. The molecule has 29 heavy (non-hydrogen) atoms. The molecule has 1 saturated heterocycles. The first-order valence-electron chi connectivity index (χ1n) is 10.6. The molecule has 0 bridgehead atoms. The number of nitrogens with zero attached hydrogens (tertiary/aromatic N) is 1. The average molecular weight is 391 g/mol. The highest BCUT2D eigenvalue weighted by Crippen LogP contribution is 2.38. The minimum Gasteiger partial charge on any atom is -0.478 e. The van der Waals surface area contributed by atoms with Gasteiger partial charge in [0.05, 0.1) is 5.56 Å². The molecular formula is C25H30N2O2. The van der Waals surface area contributed by atoms with Crippen molar-refractivity contribution in [1.82, 2.24) is 10.2 Å². The van der Waals surface area contributed by atoms with Crippen molar-refractivity contribution in [1.29, 1.82) is 0 Å². The van der Waals surface area contributed by atoms with E-state index in [2.05, 4.69) is 53.5 Å². The van der Waals surface area contributed by atoms with Gasteiger partial charge in [-0.05, 0) is 68.5 Å². The lowest BCUT2D eigenvalue weighted by Crippen LogP contribution is -2.43. The summed E-state index contributed by atoms with van der Waals surface area (Å²) in [5.41, 5.74) is 4.31. The molecule has 2 aliphatic rings. The first-order chi connectivity index (χ1) is 14.1. The first-order valence-corrected chi connectivity index (χ1v) is 10.6. The summed E-state index contributed by atoms with van der Waals surface area (Å²) in [4.78, 5) is 13.4. The van der Waals surface area contributed by atoms with Crippen molar-refractivity contribution in [3.8, 4) is 0 Å². The lowest BCUT2D eigenvalue weighted by molar-refractivity contribution is 0.0697. The molecule has 4 heteroatoms. The van der Waals surface area contributed by atoms with Crippen LogP contribution in [0.1, 0.15) is 47.7 Å². The Morgan fingerprint density at radius 3 is 2.45 bits per heavy atom. The zero-order valence-electron chi connectivity index (χ0n) is 17.1. The standard InChI is InChI=1S/C25H30N2O2/c1-18(15-19-5-3-2-4-6-19)23-16-24(23)26-22-11-13-27(14-12-22)17-20-7-9-21(10-8-20)25(28)29/h2-10,15,22-24,26H,11-14,16-17H2,1H3,(H,28,29)/b18-15+/t23-,24?/m0/s1. The molecule has 1 aliphatic carbocycles. The third kappa shape index (κ3) is 5.34. The molecule has 4 rings (SSSR count). The summed E-state index contributed by atoms with van der Waals surface area (Å²) in [5.74, 6) is -0.184. The van der Waals surface area contributed by atoms with Gasteiger partial charge >= 0.3 is 5.97 Å². The van der Waals surface area contributed by atoms with Crippen molar-refractivity contribution in [3.05, 3.63) is 76.9 Å². The van der Waals surface area contributed by atoms with Gasteiger partial charge in [0.1, 0.15) is 0 Å². The molecule has 2 aromatic carbocycles. The number of likely N-dealkylation sites (tertiary alicyclic amines) is 1. The van der Waals surface area contributed by atoms with E-state index in [9.17, 15) is 4.79 Å². The van der Waals surface area contributed by atoms with Crippen LogP contribution in [-0.2, 0) is 6.54 Å². The molecule has 2 N–H and O–H groups in total. The van der Waals surface area contributed by atoms with Crippen molar-refractivity contribution in [2.75, 3.05) is 13.1 Å². The number of hydrogen-bond donors (Lipinski definition) is 2. The van der Waals surface area contributed by atoms with E-state index in [1.54, 1.807) is 12.1 Å². The fraction of sp³-hybridized carbons (Fsp3) is 0.400. The van der Waals surface area contributed by atoms with Gasteiger partial charge in [-0.25, -0.2) is 4.79 Å². The molecule has 1 unspecified atom stereocenters. The number of hydrogen-bond acceptors (Lipinski definition) is 3. The van der Waals surface area contributed by atoms with Crippen molar-refractivity contribution in [2.24, 2.45) is 5.92 Å². The topological polar surface area (TPSA) is 52.6 Å². The summed E-state index contributed by atoms with van der Waals surface area (Å²) in [7, 11) is 0. The van der Waals surface area contributed by atoms with Gasteiger partial charge < -0.3 is 10.4 Å². The summed E-state index contributed by atoms with van der Waals surface area (Å²) in [6.07, 6.45) is 5.94. The van der Waals surface area contributed by atoms with Crippen LogP contribution >= 0.6 is 0 Å². The molecule has 1 saturated carbocycles. The zero-order chi connectivity index (χ0) is 20.2. The number of aromatic carboxylic acids is 1. The van der Waals surface area contributed by atoms with Crippen LogP contribution in [0.2, 0.25) is 0 Å². The number of piperidine rings is 1. The lowest BCUT2D eigenvalue weighted by atomic mass is 10.0. The fourth-order valence-electron chi connectivity index (χ4n) is 4.37. The van der Waals surface area contributed by atoms with Crippen molar-refractivity contribution in [3.63, 3.8) is 0 Å². The molecular weight excluding hydrogens is 360 g/mol. The van der Waals surface area contributed by atoms with Crippen LogP contribution in [0, 0.1) is 5.92 Å². The SMILES string of the molecule is C/C(=C\c1ccccc1)[C@@H]1CC1NC1CCN(Cc2ccc(C(=O)O)cc2)CC1. The van der Waals surface area contributed by atoms with E-state index < -0.39 is 5.97 Å². The Hall–Kier alpha value is -2.43. The average Bonchev–Trinajstić information content (AvgIpc) is 3.50. The number of benzene rings is 2. The summed E-state index contributed by atoms with van der Waals surface area (Å²) in [6, 6.07) is 19.1. The van der Waals surface area contributed by atoms with E-state index >= 15 is 0 Å². The Morgan fingerprint density at radius 2 is 1.79 bits per heavy atom. The van der Waals surface area contributed by atoms with E-state index in [-0.39, 0.29) is 0 Å². The van der Waals surface area contributed by atoms with Gasteiger partial charge in [-0.3, -0.25) is 4.90 Å². The highest BCUT2D eigenvalue weighted by Gasteiger charge is 2.39. The molecule has 4 nitrogen and oxygen atoms in total. The van der Waals surface area contributed by atoms with Crippen LogP contribution in [-0.4, -0.2) is 41.1 Å². The maximum Gasteiger partial charge on any atom is 0.335 e. The second-order valence-electron chi connectivity index (χ2n) is 8.47. The van der Waals surface area contributed by atoms with Crippen molar-refractivity contribution < 1.29 is 9.90 Å². The monoisotopic (exact) mass is 390 g/mol. The van der Waals surface area contributed by atoms with Crippen LogP contribution in [0.5, 0.6) is 0 Å². The largest absolute Gasteiger partial charge is 0.478 e. The van der Waals surface area contributed by atoms with Gasteiger partial charge in [-0.15, -0.1) is 0 Å². The summed E-state index contributed by atoms with van der Waals surface area (Å²) < 4.78 is 0. The molecule has 0 amide bonds. The quantitative estimate of drug-likeness (QED) is 0.734. The van der Waals surface area contributed by atoms with Crippen LogP contribution in [0.25, 0.3) is 6.08 Å². The molecule has 2 atom stereocenters. The number of rotatable bonds is 7. The maximum absolute atomic E-state index is 11.0. The van der Waals surface area contributed by atoms with Crippen LogP contribution < -0.4 is 5.32 Å². The molecule has 2 fully saturated rings. The Labute approximate surface area is 173 Å². The van der Waals surface area contributed by atoms with Gasteiger partial charge in [0.15, 0.2) is 0 Å². The minimum atomic E-state index is -0.865. The number of nitrogens with one attached hydrogen (secondary N) is 1. The Kier molecular flexibility index (Phi) is 6.12. The molecule has 1 aliphatic heterocycles. The van der Waals surface area contributed by atoms with Crippen molar-refractivity contribution >= 4 is 12.0 Å². The predicted octanol–water partition coefficient (Wildman–Crippen LogP) is 4.43. The number of carbonyl (C=O) groups is 1. The highest BCUT2D eigenvalue weighted by atomic mass is 16.4. The predicted molar refractivity (Wildman–Crippen MR) is 117 cm³/mol. The van der Waals surface area contributed by atoms with E-state index in [1.165, 1.54) is 36.0 Å². The number of carboxylic acids is 1. The Bertz CT molecular complexity index is 852. The van der Waals surface area contributed by atoms with E-state index in [0.29, 0.717) is 23.6 Å². The molecule has 152 valence electrons. The summed E-state index contributed by atoms with van der Waals surface area (Å²) in [5, 5.41) is 12.9. The van der Waals surface area contributed by atoms with Gasteiger partial charge in [0, 0.05) is 18.6 Å². The maximum atomic E-state index is 11.0. The highest BCUT2D eigenvalue weighted by molar-refractivity contribution is 5.87. The Morgan fingerprint density at radius 1 is 1.10 bits per heavy atom. The van der Waals surface area contributed by atoms with E-state index in [4.69, 9.17) is 5.11 Å². The second-order valence-corrected chi connectivity index (χ2v) is 8.47. The van der Waals surface area contributed by atoms with E-state index in [0.717, 1.165) is 19.6 Å². The van der Waals surface area contributed by atoms with Crippen LogP contribution in [0.4, 0.5) is 0 Å². The molecule has 1 heterocycles. The van der Waals surface area contributed by atoms with Gasteiger partial charge in [0.2, 0.25) is 0 Å². The van der Waals surface area contributed by atoms with Gasteiger partial charge in [-0.1, -0.05) is 54.1 Å². The third-order valence-electron chi connectivity index (χ3n) is 6.21. The summed E-state index contributed by atoms with van der Waals surface area (Å²) in [6.45, 7) is 5.35. The summed E-state index contributed by atoms with van der Waals surface area (Å²) >= 11 is 0. The van der Waals surface area contributed by atoms with Crippen LogP contribution in [0.3, 0.4) is 0 Å². The smallest absolute Gasteiger partial charge is 0.335 e. The molecule has 2 aromatic rings. The van der Waals surface area contributed by atoms with E-state index in [1.807, 2.05) is 12.1 Å².